The minimum Gasteiger partial charge on any atom is -0.399 e. The van der Waals surface area contributed by atoms with Crippen LogP contribution in [0, 0.1) is 0 Å². The zero-order chi connectivity index (χ0) is 18.6. The van der Waals surface area contributed by atoms with Gasteiger partial charge in [0.1, 0.15) is 0 Å². The fourth-order valence-corrected chi connectivity index (χ4v) is 3.38. The first-order valence-electron chi connectivity index (χ1n) is 9.08. The molecule has 4 aromatic rings. The summed E-state index contributed by atoms with van der Waals surface area (Å²) < 4.78 is 0. The van der Waals surface area contributed by atoms with Crippen molar-refractivity contribution in [3.8, 4) is 22.3 Å². The lowest BCUT2D eigenvalue weighted by molar-refractivity contribution is 1.20. The molecule has 0 aliphatic rings. The quantitative estimate of drug-likeness (QED) is 0.459. The van der Waals surface area contributed by atoms with E-state index in [1.54, 1.807) is 0 Å². The van der Waals surface area contributed by atoms with Crippen molar-refractivity contribution >= 4 is 11.4 Å². The van der Waals surface area contributed by atoms with E-state index in [1.165, 1.54) is 27.8 Å². The normalized spacial score (nSPS) is 10.7. The summed E-state index contributed by atoms with van der Waals surface area (Å²) in [5.41, 5.74) is 20.7. The fourth-order valence-electron chi connectivity index (χ4n) is 3.38. The Morgan fingerprint density at radius 1 is 0.519 bits per heavy atom. The van der Waals surface area contributed by atoms with Crippen LogP contribution in [0.3, 0.4) is 0 Å². The van der Waals surface area contributed by atoms with Gasteiger partial charge >= 0.3 is 0 Å². The number of hydrogen-bond acceptors (Lipinski definition) is 2. The molecule has 0 aliphatic carbocycles. The number of anilines is 2. The maximum absolute atomic E-state index is 6.06. The molecule has 0 fully saturated rings. The maximum Gasteiger partial charge on any atom is 0.0317 e. The van der Waals surface area contributed by atoms with Gasteiger partial charge in [-0.15, -0.1) is 0 Å². The number of nitrogens with two attached hydrogens (primary N) is 2. The van der Waals surface area contributed by atoms with Gasteiger partial charge in [0.2, 0.25) is 0 Å². The number of benzene rings is 4. The highest BCUT2D eigenvalue weighted by molar-refractivity contribution is 5.74. The molecule has 132 valence electrons. The van der Waals surface area contributed by atoms with Gasteiger partial charge in [0.05, 0.1) is 0 Å². The molecular formula is C25H22N2. The van der Waals surface area contributed by atoms with Gasteiger partial charge in [0.15, 0.2) is 0 Å². The molecule has 0 heterocycles. The number of rotatable bonds is 4. The molecule has 27 heavy (non-hydrogen) atoms. The van der Waals surface area contributed by atoms with E-state index >= 15 is 0 Å². The maximum atomic E-state index is 6.06. The molecule has 0 radical (unpaired) electrons. The molecule has 0 aliphatic heterocycles. The Hall–Kier alpha value is -3.52. The largest absolute Gasteiger partial charge is 0.399 e. The van der Waals surface area contributed by atoms with Crippen LogP contribution in [0.1, 0.15) is 11.1 Å². The highest BCUT2D eigenvalue weighted by Gasteiger charge is 2.08. The van der Waals surface area contributed by atoms with Crippen LogP contribution < -0.4 is 11.5 Å². The van der Waals surface area contributed by atoms with Gasteiger partial charge in [-0.1, -0.05) is 72.8 Å². The second-order valence-corrected chi connectivity index (χ2v) is 6.78. The van der Waals surface area contributed by atoms with Crippen LogP contribution >= 0.6 is 0 Å². The Balaban J connectivity index is 1.68. The average molecular weight is 350 g/mol. The topological polar surface area (TPSA) is 52.0 Å². The van der Waals surface area contributed by atoms with Gasteiger partial charge in [-0.2, -0.15) is 0 Å². The summed E-state index contributed by atoms with van der Waals surface area (Å²) in [5.74, 6) is 0. The SMILES string of the molecule is Nc1ccc(-c2ccc(-c3ccc(N)cc3Cc3ccccc3)cc2)cc1. The molecule has 0 saturated heterocycles. The van der Waals surface area contributed by atoms with E-state index in [0.717, 1.165) is 23.4 Å². The van der Waals surface area contributed by atoms with Gasteiger partial charge in [0.25, 0.3) is 0 Å². The van der Waals surface area contributed by atoms with Gasteiger partial charge < -0.3 is 11.5 Å². The lowest BCUT2D eigenvalue weighted by atomic mass is 9.93. The summed E-state index contributed by atoms with van der Waals surface area (Å²) >= 11 is 0. The summed E-state index contributed by atoms with van der Waals surface area (Å²) in [6.45, 7) is 0. The van der Waals surface area contributed by atoms with E-state index in [0.29, 0.717) is 0 Å². The highest BCUT2D eigenvalue weighted by atomic mass is 14.5. The minimum atomic E-state index is 0.780. The van der Waals surface area contributed by atoms with E-state index in [1.807, 2.05) is 36.4 Å². The summed E-state index contributed by atoms with van der Waals surface area (Å²) in [7, 11) is 0. The van der Waals surface area contributed by atoms with E-state index in [9.17, 15) is 0 Å². The van der Waals surface area contributed by atoms with Crippen molar-refractivity contribution < 1.29 is 0 Å². The van der Waals surface area contributed by atoms with Crippen LogP contribution in [0.4, 0.5) is 11.4 Å². The van der Waals surface area contributed by atoms with Crippen molar-refractivity contribution in [3.63, 3.8) is 0 Å². The molecule has 0 amide bonds. The Morgan fingerprint density at radius 2 is 1.07 bits per heavy atom. The molecule has 4 aromatic carbocycles. The van der Waals surface area contributed by atoms with Crippen molar-refractivity contribution in [1.82, 2.24) is 0 Å². The summed E-state index contributed by atoms with van der Waals surface area (Å²) in [6.07, 6.45) is 0.862. The van der Waals surface area contributed by atoms with Crippen LogP contribution in [0.2, 0.25) is 0 Å². The highest BCUT2D eigenvalue weighted by Crippen LogP contribution is 2.30. The van der Waals surface area contributed by atoms with E-state index in [4.69, 9.17) is 11.5 Å². The van der Waals surface area contributed by atoms with Crippen LogP contribution in [0.25, 0.3) is 22.3 Å². The molecule has 0 spiro atoms. The molecule has 2 heteroatoms. The monoisotopic (exact) mass is 350 g/mol. The molecule has 0 unspecified atom stereocenters. The van der Waals surface area contributed by atoms with Crippen molar-refractivity contribution in [3.05, 3.63) is 108 Å². The third kappa shape index (κ3) is 3.85. The van der Waals surface area contributed by atoms with Crippen molar-refractivity contribution in [2.75, 3.05) is 11.5 Å². The molecule has 0 atom stereocenters. The molecule has 4 rings (SSSR count). The zero-order valence-corrected chi connectivity index (χ0v) is 15.1. The standard InChI is InChI=1S/C25H22N2/c26-23-12-10-20(11-13-23)19-6-8-21(9-7-19)25-15-14-24(27)17-22(25)16-18-4-2-1-3-5-18/h1-15,17H,16,26-27H2. The van der Waals surface area contributed by atoms with Gasteiger partial charge in [-0.3, -0.25) is 0 Å². The first kappa shape index (κ1) is 16.9. The number of nitrogen functional groups attached to an aromatic ring is 2. The summed E-state index contributed by atoms with van der Waals surface area (Å²) in [4.78, 5) is 0. The molecular weight excluding hydrogens is 328 g/mol. The Labute approximate surface area is 160 Å². The Morgan fingerprint density at radius 3 is 1.74 bits per heavy atom. The van der Waals surface area contributed by atoms with Crippen molar-refractivity contribution in [2.24, 2.45) is 0 Å². The van der Waals surface area contributed by atoms with E-state index in [2.05, 4.69) is 60.7 Å². The second-order valence-electron chi connectivity index (χ2n) is 6.78. The first-order chi connectivity index (χ1) is 13.2. The molecule has 0 saturated carbocycles. The van der Waals surface area contributed by atoms with Gasteiger partial charge in [-0.25, -0.2) is 0 Å². The van der Waals surface area contributed by atoms with Crippen LogP contribution in [0.15, 0.2) is 97.1 Å². The zero-order valence-electron chi connectivity index (χ0n) is 15.1. The van der Waals surface area contributed by atoms with Gasteiger partial charge in [0, 0.05) is 11.4 Å². The first-order valence-corrected chi connectivity index (χ1v) is 9.08. The summed E-state index contributed by atoms with van der Waals surface area (Å²) in [6, 6.07) is 33.3. The van der Waals surface area contributed by atoms with Crippen LogP contribution in [-0.4, -0.2) is 0 Å². The molecule has 0 bridgehead atoms. The van der Waals surface area contributed by atoms with Crippen molar-refractivity contribution in [1.29, 1.82) is 0 Å². The smallest absolute Gasteiger partial charge is 0.0317 e. The second kappa shape index (κ2) is 7.38. The van der Waals surface area contributed by atoms with E-state index in [-0.39, 0.29) is 0 Å². The fraction of sp³-hybridized carbons (Fsp3) is 0.0400. The predicted octanol–water partition coefficient (Wildman–Crippen LogP) is 5.78. The lowest BCUT2D eigenvalue weighted by Crippen LogP contribution is -1.95. The molecule has 4 N–H and O–H groups in total. The lowest BCUT2D eigenvalue weighted by Gasteiger charge is -2.12. The summed E-state index contributed by atoms with van der Waals surface area (Å²) in [5, 5.41) is 0. The van der Waals surface area contributed by atoms with E-state index < -0.39 is 0 Å². The Kier molecular flexibility index (Phi) is 4.63. The molecule has 2 nitrogen and oxygen atoms in total. The third-order valence-electron chi connectivity index (χ3n) is 4.81. The minimum absolute atomic E-state index is 0.780. The van der Waals surface area contributed by atoms with Crippen molar-refractivity contribution in [2.45, 2.75) is 6.42 Å². The Bertz CT molecular complexity index is 1030. The van der Waals surface area contributed by atoms with Crippen LogP contribution in [-0.2, 0) is 6.42 Å². The molecule has 0 aromatic heterocycles. The predicted molar refractivity (Wildman–Crippen MR) is 115 cm³/mol. The third-order valence-corrected chi connectivity index (χ3v) is 4.81. The average Bonchev–Trinajstić information content (AvgIpc) is 2.70. The van der Waals surface area contributed by atoms with Crippen LogP contribution in [0.5, 0.6) is 0 Å². The van der Waals surface area contributed by atoms with Gasteiger partial charge in [-0.05, 0) is 64.1 Å². The number of hydrogen-bond donors (Lipinski definition) is 2.